The van der Waals surface area contributed by atoms with Gasteiger partial charge in [0.25, 0.3) is 0 Å². The number of rotatable bonds is 3. The van der Waals surface area contributed by atoms with Crippen LogP contribution in [0.4, 0.5) is 0 Å². The van der Waals surface area contributed by atoms with Crippen molar-refractivity contribution in [3.05, 3.63) is 35.9 Å². The summed E-state index contributed by atoms with van der Waals surface area (Å²) in [4.78, 5) is 0. The summed E-state index contributed by atoms with van der Waals surface area (Å²) in [7, 11) is 0. The molecule has 0 aliphatic heterocycles. The van der Waals surface area contributed by atoms with Crippen LogP contribution in [0, 0.1) is 5.92 Å². The summed E-state index contributed by atoms with van der Waals surface area (Å²) in [6.07, 6.45) is 3.74. The largest absolute Gasteiger partial charge is 0.0683 e. The summed E-state index contributed by atoms with van der Waals surface area (Å²) in [6, 6.07) is 10.7. The van der Waals surface area contributed by atoms with Gasteiger partial charge in [-0.3, -0.25) is 0 Å². The van der Waals surface area contributed by atoms with E-state index >= 15 is 0 Å². The lowest BCUT2D eigenvalue weighted by molar-refractivity contribution is 0.560. The van der Waals surface area contributed by atoms with Crippen LogP contribution in [0.2, 0.25) is 0 Å². The van der Waals surface area contributed by atoms with Crippen molar-refractivity contribution in [2.75, 3.05) is 0 Å². The molecule has 1 atom stereocenters. The monoisotopic (exact) mass is 222 g/mol. The average Bonchev–Trinajstić information content (AvgIpc) is 2.34. The molecule has 0 heterocycles. The van der Waals surface area contributed by atoms with Gasteiger partial charge in [0.2, 0.25) is 0 Å². The molecule has 0 N–H and O–H groups in total. The third-order valence-corrected chi connectivity index (χ3v) is 2.12. The lowest BCUT2D eigenvalue weighted by Gasteiger charge is -2.06. The topological polar surface area (TPSA) is 0 Å². The minimum Gasteiger partial charge on any atom is -0.0683 e. The fourth-order valence-corrected chi connectivity index (χ4v) is 1.16. The van der Waals surface area contributed by atoms with E-state index in [9.17, 15) is 0 Å². The van der Waals surface area contributed by atoms with E-state index < -0.39 is 0 Å². The van der Waals surface area contributed by atoms with E-state index in [0.29, 0.717) is 0 Å². The van der Waals surface area contributed by atoms with E-state index in [1.165, 1.54) is 24.8 Å². The fourth-order valence-electron chi connectivity index (χ4n) is 1.16. The van der Waals surface area contributed by atoms with Crippen molar-refractivity contribution in [2.45, 2.75) is 60.8 Å². The van der Waals surface area contributed by atoms with E-state index in [1.807, 2.05) is 13.8 Å². The molecule has 0 nitrogen and oxygen atoms in total. The molecule has 1 unspecified atom stereocenters. The summed E-state index contributed by atoms with van der Waals surface area (Å²) in [6.45, 7) is 12.8. The second kappa shape index (κ2) is 14.2. The van der Waals surface area contributed by atoms with E-state index in [-0.39, 0.29) is 0 Å². The Morgan fingerprint density at radius 1 is 0.938 bits per heavy atom. The van der Waals surface area contributed by atoms with Gasteiger partial charge in [0, 0.05) is 0 Å². The van der Waals surface area contributed by atoms with Crippen LogP contribution in [0.15, 0.2) is 30.3 Å². The van der Waals surface area contributed by atoms with Gasteiger partial charge in [-0.2, -0.15) is 0 Å². The van der Waals surface area contributed by atoms with Crippen LogP contribution in [0.3, 0.4) is 0 Å². The number of hydrogen-bond acceptors (Lipinski definition) is 0. The molecule has 0 heteroatoms. The lowest BCUT2D eigenvalue weighted by Crippen LogP contribution is -1.96. The SMILES string of the molecule is CC.CCC.CCC(C)Cc1ccccc1. The van der Waals surface area contributed by atoms with Crippen LogP contribution in [0.1, 0.15) is 59.9 Å². The molecule has 94 valence electrons. The normalized spacial score (nSPS) is 10.4. The zero-order valence-corrected chi connectivity index (χ0v) is 12.1. The molecule has 0 bridgehead atoms. The Morgan fingerprint density at radius 2 is 1.38 bits per heavy atom. The molecule has 0 fully saturated rings. The second-order valence-corrected chi connectivity index (χ2v) is 3.91. The summed E-state index contributed by atoms with van der Waals surface area (Å²) in [5.41, 5.74) is 1.46. The van der Waals surface area contributed by atoms with Crippen LogP contribution >= 0.6 is 0 Å². The maximum absolute atomic E-state index is 2.30. The second-order valence-electron chi connectivity index (χ2n) is 3.91. The first-order valence-corrected chi connectivity index (χ1v) is 6.78. The molecule has 0 aliphatic carbocycles. The van der Waals surface area contributed by atoms with Crippen LogP contribution in [0.5, 0.6) is 0 Å². The lowest BCUT2D eigenvalue weighted by atomic mass is 9.99. The summed E-state index contributed by atoms with van der Waals surface area (Å²) < 4.78 is 0. The van der Waals surface area contributed by atoms with Gasteiger partial charge < -0.3 is 0 Å². The number of benzene rings is 1. The van der Waals surface area contributed by atoms with Crippen molar-refractivity contribution in [3.8, 4) is 0 Å². The van der Waals surface area contributed by atoms with Crippen molar-refractivity contribution in [3.63, 3.8) is 0 Å². The standard InChI is InChI=1S/C11H16.C3H8.C2H6/c1-3-10(2)9-11-7-5-4-6-8-11;1-3-2;1-2/h4-8,10H,3,9H2,1-2H3;3H2,1-2H3;1-2H3. The Balaban J connectivity index is 0. The van der Waals surface area contributed by atoms with Gasteiger partial charge in [0.1, 0.15) is 0 Å². The molecule has 0 saturated carbocycles. The highest BCUT2D eigenvalue weighted by Crippen LogP contribution is 2.10. The zero-order chi connectivity index (χ0) is 12.8. The maximum atomic E-state index is 2.30. The van der Waals surface area contributed by atoms with E-state index in [0.717, 1.165) is 5.92 Å². The molecule has 1 aromatic rings. The van der Waals surface area contributed by atoms with Gasteiger partial charge in [-0.1, -0.05) is 84.7 Å². The van der Waals surface area contributed by atoms with Crippen molar-refractivity contribution >= 4 is 0 Å². The molecule has 0 aliphatic rings. The van der Waals surface area contributed by atoms with Crippen LogP contribution in [-0.2, 0) is 6.42 Å². The highest BCUT2D eigenvalue weighted by atomic mass is 14.0. The summed E-state index contributed by atoms with van der Waals surface area (Å²) >= 11 is 0. The zero-order valence-electron chi connectivity index (χ0n) is 12.1. The Bertz CT molecular complexity index is 201. The van der Waals surface area contributed by atoms with Gasteiger partial charge in [-0.15, -0.1) is 0 Å². The summed E-state index contributed by atoms with van der Waals surface area (Å²) in [5.74, 6) is 0.817. The Hall–Kier alpha value is -0.780. The molecule has 0 amide bonds. The van der Waals surface area contributed by atoms with Gasteiger partial charge in [0.05, 0.1) is 0 Å². The van der Waals surface area contributed by atoms with E-state index in [2.05, 4.69) is 58.0 Å². The first-order chi connectivity index (χ1) is 7.74. The first kappa shape index (κ1) is 17.6. The highest BCUT2D eigenvalue weighted by Gasteiger charge is 1.98. The van der Waals surface area contributed by atoms with Crippen molar-refractivity contribution in [1.82, 2.24) is 0 Å². The Labute approximate surface area is 103 Å². The number of hydrogen-bond donors (Lipinski definition) is 0. The highest BCUT2D eigenvalue weighted by molar-refractivity contribution is 5.14. The predicted octanol–water partition coefficient (Wildman–Crippen LogP) is 5.72. The molecule has 1 rings (SSSR count). The van der Waals surface area contributed by atoms with Gasteiger partial charge in [-0.25, -0.2) is 0 Å². The minimum atomic E-state index is 0.817. The maximum Gasteiger partial charge on any atom is -0.0253 e. The third-order valence-electron chi connectivity index (χ3n) is 2.12. The minimum absolute atomic E-state index is 0.817. The van der Waals surface area contributed by atoms with E-state index in [4.69, 9.17) is 0 Å². The fraction of sp³-hybridized carbons (Fsp3) is 0.625. The predicted molar refractivity (Wildman–Crippen MR) is 76.9 cm³/mol. The molecular weight excluding hydrogens is 192 g/mol. The van der Waals surface area contributed by atoms with Crippen LogP contribution in [-0.4, -0.2) is 0 Å². The molecule has 16 heavy (non-hydrogen) atoms. The van der Waals surface area contributed by atoms with E-state index in [1.54, 1.807) is 0 Å². The quantitative estimate of drug-likeness (QED) is 0.613. The van der Waals surface area contributed by atoms with Crippen molar-refractivity contribution in [2.24, 2.45) is 5.92 Å². The van der Waals surface area contributed by atoms with Gasteiger partial charge in [-0.05, 0) is 17.9 Å². The Kier molecular flexibility index (Phi) is 15.7. The first-order valence-electron chi connectivity index (χ1n) is 6.78. The average molecular weight is 222 g/mol. The van der Waals surface area contributed by atoms with Crippen LogP contribution in [0.25, 0.3) is 0 Å². The van der Waals surface area contributed by atoms with Crippen molar-refractivity contribution < 1.29 is 0 Å². The molecular formula is C16H30. The molecule has 1 aromatic carbocycles. The summed E-state index contributed by atoms with van der Waals surface area (Å²) in [5, 5.41) is 0. The molecule has 0 spiro atoms. The van der Waals surface area contributed by atoms with Gasteiger partial charge >= 0.3 is 0 Å². The van der Waals surface area contributed by atoms with Gasteiger partial charge in [0.15, 0.2) is 0 Å². The molecule has 0 aromatic heterocycles. The smallest absolute Gasteiger partial charge is 0.0253 e. The van der Waals surface area contributed by atoms with Crippen molar-refractivity contribution in [1.29, 1.82) is 0 Å². The molecule has 0 radical (unpaired) electrons. The Morgan fingerprint density at radius 3 is 1.75 bits per heavy atom. The van der Waals surface area contributed by atoms with Crippen LogP contribution < -0.4 is 0 Å². The molecule has 0 saturated heterocycles. The third kappa shape index (κ3) is 11.3.